The predicted molar refractivity (Wildman–Crippen MR) is 56.7 cm³/mol. The molecule has 0 aromatic rings. The fourth-order valence-corrected chi connectivity index (χ4v) is 3.31. The van der Waals surface area contributed by atoms with Crippen LogP contribution in [0.4, 0.5) is 0 Å². The summed E-state index contributed by atoms with van der Waals surface area (Å²) in [4.78, 5) is 0. The van der Waals surface area contributed by atoms with Gasteiger partial charge in [0.25, 0.3) is 0 Å². The van der Waals surface area contributed by atoms with Gasteiger partial charge in [-0.3, -0.25) is 0 Å². The first-order valence-corrected chi connectivity index (χ1v) is 6.00. The molecule has 2 aliphatic rings. The van der Waals surface area contributed by atoms with Gasteiger partial charge in [-0.1, -0.05) is 26.7 Å². The van der Waals surface area contributed by atoms with E-state index in [4.69, 9.17) is 0 Å². The Hall–Kier alpha value is -0.0400. The second-order valence-corrected chi connectivity index (χ2v) is 5.13. The van der Waals surface area contributed by atoms with Crippen LogP contribution in [0.2, 0.25) is 0 Å². The Bertz CT molecular complexity index is 178. The second-order valence-electron chi connectivity index (χ2n) is 5.13. The van der Waals surface area contributed by atoms with E-state index in [0.717, 1.165) is 17.3 Å². The third-order valence-corrected chi connectivity index (χ3v) is 4.36. The van der Waals surface area contributed by atoms with Gasteiger partial charge in [-0.05, 0) is 49.6 Å². The Morgan fingerprint density at radius 2 is 2.31 bits per heavy atom. The SMILES string of the molecule is CCCNCC1CC12CCCC2C. The van der Waals surface area contributed by atoms with Crippen molar-refractivity contribution in [3.05, 3.63) is 0 Å². The van der Waals surface area contributed by atoms with Crippen molar-refractivity contribution < 1.29 is 0 Å². The molecule has 2 aliphatic carbocycles. The first-order chi connectivity index (χ1) is 6.29. The van der Waals surface area contributed by atoms with Crippen LogP contribution in [0.25, 0.3) is 0 Å². The third kappa shape index (κ3) is 1.63. The van der Waals surface area contributed by atoms with Crippen LogP contribution < -0.4 is 5.32 Å². The van der Waals surface area contributed by atoms with Gasteiger partial charge < -0.3 is 5.32 Å². The van der Waals surface area contributed by atoms with Crippen molar-refractivity contribution >= 4 is 0 Å². The van der Waals surface area contributed by atoms with Gasteiger partial charge in [-0.2, -0.15) is 0 Å². The average molecular weight is 181 g/mol. The van der Waals surface area contributed by atoms with Gasteiger partial charge in [0.2, 0.25) is 0 Å². The Morgan fingerprint density at radius 3 is 2.92 bits per heavy atom. The van der Waals surface area contributed by atoms with Crippen molar-refractivity contribution in [3.63, 3.8) is 0 Å². The molecule has 0 aromatic carbocycles. The topological polar surface area (TPSA) is 12.0 Å². The van der Waals surface area contributed by atoms with Crippen molar-refractivity contribution in [3.8, 4) is 0 Å². The van der Waals surface area contributed by atoms with Gasteiger partial charge in [-0.15, -0.1) is 0 Å². The fourth-order valence-electron chi connectivity index (χ4n) is 3.31. The van der Waals surface area contributed by atoms with Crippen molar-refractivity contribution in [1.82, 2.24) is 5.32 Å². The molecule has 0 aliphatic heterocycles. The Labute approximate surface area is 82.3 Å². The zero-order valence-electron chi connectivity index (χ0n) is 9.10. The van der Waals surface area contributed by atoms with Gasteiger partial charge in [0, 0.05) is 0 Å². The zero-order chi connectivity index (χ0) is 9.31. The Kier molecular flexibility index (Phi) is 2.64. The molecule has 0 bridgehead atoms. The lowest BCUT2D eigenvalue weighted by Gasteiger charge is -2.15. The molecule has 0 radical (unpaired) electrons. The smallest absolute Gasteiger partial charge is 0.00149 e. The van der Waals surface area contributed by atoms with E-state index in [1.54, 1.807) is 0 Å². The number of hydrogen-bond acceptors (Lipinski definition) is 1. The summed E-state index contributed by atoms with van der Waals surface area (Å²) in [5.41, 5.74) is 0.806. The third-order valence-electron chi connectivity index (χ3n) is 4.36. The number of rotatable bonds is 4. The number of nitrogens with one attached hydrogen (secondary N) is 1. The van der Waals surface area contributed by atoms with Crippen molar-refractivity contribution in [2.24, 2.45) is 17.3 Å². The maximum Gasteiger partial charge on any atom is -0.00149 e. The second kappa shape index (κ2) is 3.61. The van der Waals surface area contributed by atoms with E-state index >= 15 is 0 Å². The van der Waals surface area contributed by atoms with Crippen LogP contribution in [-0.4, -0.2) is 13.1 Å². The summed E-state index contributed by atoms with van der Waals surface area (Å²) in [5, 5.41) is 3.57. The molecule has 2 rings (SSSR count). The van der Waals surface area contributed by atoms with Crippen LogP contribution in [0, 0.1) is 17.3 Å². The summed E-state index contributed by atoms with van der Waals surface area (Å²) in [6, 6.07) is 0. The zero-order valence-corrected chi connectivity index (χ0v) is 9.10. The highest BCUT2D eigenvalue weighted by Gasteiger charge is 2.58. The van der Waals surface area contributed by atoms with Crippen LogP contribution in [0.5, 0.6) is 0 Å². The Morgan fingerprint density at radius 1 is 1.46 bits per heavy atom. The standard InChI is InChI=1S/C12H23N/c1-3-7-13-9-11-8-12(11)6-4-5-10(12)2/h10-11,13H,3-9H2,1-2H3. The van der Waals surface area contributed by atoms with Gasteiger partial charge in [-0.25, -0.2) is 0 Å². The van der Waals surface area contributed by atoms with E-state index in [9.17, 15) is 0 Å². The molecular formula is C12H23N. The van der Waals surface area contributed by atoms with E-state index in [0.29, 0.717) is 0 Å². The highest BCUT2D eigenvalue weighted by Crippen LogP contribution is 2.65. The quantitative estimate of drug-likeness (QED) is 0.658. The fraction of sp³-hybridized carbons (Fsp3) is 1.00. The van der Waals surface area contributed by atoms with Gasteiger partial charge in [0.05, 0.1) is 0 Å². The highest BCUT2D eigenvalue weighted by atomic mass is 14.9. The van der Waals surface area contributed by atoms with Crippen molar-refractivity contribution in [1.29, 1.82) is 0 Å². The summed E-state index contributed by atoms with van der Waals surface area (Å²) in [6.07, 6.45) is 7.29. The van der Waals surface area contributed by atoms with Crippen LogP contribution in [0.3, 0.4) is 0 Å². The molecule has 3 unspecified atom stereocenters. The molecule has 76 valence electrons. The van der Waals surface area contributed by atoms with Crippen LogP contribution >= 0.6 is 0 Å². The summed E-state index contributed by atoms with van der Waals surface area (Å²) in [5.74, 6) is 2.04. The molecule has 1 nitrogen and oxygen atoms in total. The number of hydrogen-bond donors (Lipinski definition) is 1. The maximum atomic E-state index is 3.57. The average Bonchev–Trinajstić information content (AvgIpc) is 2.69. The van der Waals surface area contributed by atoms with E-state index in [1.165, 1.54) is 45.2 Å². The lowest BCUT2D eigenvalue weighted by atomic mass is 9.92. The lowest BCUT2D eigenvalue weighted by Crippen LogP contribution is -2.21. The van der Waals surface area contributed by atoms with E-state index in [1.807, 2.05) is 0 Å². The van der Waals surface area contributed by atoms with Gasteiger partial charge in [0.1, 0.15) is 0 Å². The van der Waals surface area contributed by atoms with Crippen LogP contribution in [0.1, 0.15) is 46.0 Å². The first-order valence-electron chi connectivity index (χ1n) is 6.00. The molecule has 0 aromatic heterocycles. The lowest BCUT2D eigenvalue weighted by molar-refractivity contribution is 0.350. The molecule has 2 fully saturated rings. The molecule has 2 saturated carbocycles. The van der Waals surface area contributed by atoms with Gasteiger partial charge in [0.15, 0.2) is 0 Å². The molecule has 13 heavy (non-hydrogen) atoms. The highest BCUT2D eigenvalue weighted by molar-refractivity contribution is 5.08. The normalized spacial score (nSPS) is 42.9. The summed E-state index contributed by atoms with van der Waals surface area (Å²) < 4.78 is 0. The van der Waals surface area contributed by atoms with Crippen LogP contribution in [-0.2, 0) is 0 Å². The molecular weight excluding hydrogens is 158 g/mol. The van der Waals surface area contributed by atoms with E-state index in [-0.39, 0.29) is 0 Å². The van der Waals surface area contributed by atoms with E-state index < -0.39 is 0 Å². The molecule has 3 atom stereocenters. The molecule has 1 heteroatoms. The molecule has 1 spiro atoms. The molecule has 0 saturated heterocycles. The summed E-state index contributed by atoms with van der Waals surface area (Å²) >= 11 is 0. The predicted octanol–water partition coefficient (Wildman–Crippen LogP) is 2.81. The minimum Gasteiger partial charge on any atom is -0.316 e. The monoisotopic (exact) mass is 181 g/mol. The maximum absolute atomic E-state index is 3.57. The van der Waals surface area contributed by atoms with Gasteiger partial charge >= 0.3 is 0 Å². The minimum atomic E-state index is 0.806. The summed E-state index contributed by atoms with van der Waals surface area (Å²) in [7, 11) is 0. The molecule has 0 heterocycles. The summed E-state index contributed by atoms with van der Waals surface area (Å²) in [6.45, 7) is 7.21. The van der Waals surface area contributed by atoms with Crippen molar-refractivity contribution in [2.45, 2.75) is 46.0 Å². The molecule has 1 N–H and O–H groups in total. The Balaban J connectivity index is 1.74. The molecule has 0 amide bonds. The van der Waals surface area contributed by atoms with E-state index in [2.05, 4.69) is 19.2 Å². The minimum absolute atomic E-state index is 0.806. The van der Waals surface area contributed by atoms with Crippen LogP contribution in [0.15, 0.2) is 0 Å². The first kappa shape index (κ1) is 9.51. The largest absolute Gasteiger partial charge is 0.316 e. The van der Waals surface area contributed by atoms with Crippen molar-refractivity contribution in [2.75, 3.05) is 13.1 Å².